The first-order chi connectivity index (χ1) is 15.0. The number of aromatic hydroxyl groups is 1. The van der Waals surface area contributed by atoms with Gasteiger partial charge in [-0.25, -0.2) is 0 Å². The fraction of sp³-hybridized carbons (Fsp3) is 0.0870. The Kier molecular flexibility index (Phi) is 6.57. The third-order valence-electron chi connectivity index (χ3n) is 4.59. The molecule has 4 aromatic rings. The number of nitrogens with one attached hydrogen (secondary N) is 1. The van der Waals surface area contributed by atoms with Crippen molar-refractivity contribution in [3.63, 3.8) is 0 Å². The topological polar surface area (TPSA) is 80.0 Å². The highest BCUT2D eigenvalue weighted by atomic mass is 127. The van der Waals surface area contributed by atoms with Crippen LogP contribution in [0.25, 0.3) is 17.1 Å². The van der Waals surface area contributed by atoms with Gasteiger partial charge in [0.2, 0.25) is 5.91 Å². The second-order valence-corrected chi connectivity index (χ2v) is 8.98. The number of thioether (sulfide) groups is 1. The van der Waals surface area contributed by atoms with Crippen molar-refractivity contribution < 1.29 is 9.90 Å². The molecule has 0 bridgehead atoms. The Hall–Kier alpha value is -2.85. The van der Waals surface area contributed by atoms with Crippen molar-refractivity contribution >= 4 is 45.9 Å². The van der Waals surface area contributed by atoms with E-state index in [1.165, 1.54) is 11.8 Å². The monoisotopic (exact) mass is 542 g/mol. The molecule has 2 N–H and O–H groups in total. The SMILES string of the molecule is Cc1cc(I)ccc1NC(=O)CSc1nnc(-c2ccccc2O)n1-c1ccccc1. The second-order valence-electron chi connectivity index (χ2n) is 6.79. The van der Waals surface area contributed by atoms with Crippen molar-refractivity contribution in [1.29, 1.82) is 0 Å². The van der Waals surface area contributed by atoms with Crippen molar-refractivity contribution in [2.24, 2.45) is 0 Å². The van der Waals surface area contributed by atoms with Gasteiger partial charge in [0.15, 0.2) is 11.0 Å². The van der Waals surface area contributed by atoms with Gasteiger partial charge >= 0.3 is 0 Å². The summed E-state index contributed by atoms with van der Waals surface area (Å²) in [5.41, 5.74) is 3.23. The molecule has 0 atom stereocenters. The van der Waals surface area contributed by atoms with Crippen molar-refractivity contribution in [3.05, 3.63) is 81.9 Å². The molecular formula is C23H19IN4O2S. The standard InChI is InChI=1S/C23H19IN4O2S/c1-15-13-16(24)11-12-19(15)25-21(30)14-31-23-27-26-22(18-9-5-6-10-20(18)29)28(23)17-7-3-2-4-8-17/h2-13,29H,14H2,1H3,(H,25,30). The summed E-state index contributed by atoms with van der Waals surface area (Å²) in [7, 11) is 0. The fourth-order valence-electron chi connectivity index (χ4n) is 3.09. The highest BCUT2D eigenvalue weighted by Gasteiger charge is 2.19. The molecular weight excluding hydrogens is 523 g/mol. The average molecular weight is 542 g/mol. The van der Waals surface area contributed by atoms with Crippen LogP contribution in [0.2, 0.25) is 0 Å². The van der Waals surface area contributed by atoms with Gasteiger partial charge in [-0.3, -0.25) is 9.36 Å². The van der Waals surface area contributed by atoms with Gasteiger partial charge in [0, 0.05) is 14.9 Å². The van der Waals surface area contributed by atoms with E-state index in [0.717, 1.165) is 20.5 Å². The van der Waals surface area contributed by atoms with Crippen LogP contribution in [-0.2, 0) is 4.79 Å². The number of benzene rings is 3. The molecule has 31 heavy (non-hydrogen) atoms. The van der Waals surface area contributed by atoms with Crippen LogP contribution in [0.15, 0.2) is 78.0 Å². The molecule has 3 aromatic carbocycles. The molecule has 0 aliphatic carbocycles. The van der Waals surface area contributed by atoms with E-state index in [9.17, 15) is 9.90 Å². The molecule has 8 heteroatoms. The minimum absolute atomic E-state index is 0.121. The van der Waals surface area contributed by atoms with Crippen LogP contribution < -0.4 is 5.32 Å². The number of hydrogen-bond donors (Lipinski definition) is 2. The van der Waals surface area contributed by atoms with Crippen LogP contribution in [0.1, 0.15) is 5.56 Å². The number of phenols is 1. The van der Waals surface area contributed by atoms with E-state index in [-0.39, 0.29) is 17.4 Å². The summed E-state index contributed by atoms with van der Waals surface area (Å²) in [6.07, 6.45) is 0. The second kappa shape index (κ2) is 9.52. The molecule has 0 spiro atoms. The molecule has 1 heterocycles. The van der Waals surface area contributed by atoms with Crippen molar-refractivity contribution in [3.8, 4) is 22.8 Å². The summed E-state index contributed by atoms with van der Waals surface area (Å²) in [4.78, 5) is 12.6. The molecule has 6 nitrogen and oxygen atoms in total. The van der Waals surface area contributed by atoms with E-state index in [0.29, 0.717) is 16.5 Å². The molecule has 1 aromatic heterocycles. The van der Waals surface area contributed by atoms with Crippen LogP contribution in [-0.4, -0.2) is 31.5 Å². The zero-order valence-corrected chi connectivity index (χ0v) is 19.6. The molecule has 4 rings (SSSR count). The van der Waals surface area contributed by atoms with E-state index in [1.54, 1.807) is 18.2 Å². The van der Waals surface area contributed by atoms with Gasteiger partial charge in [0.05, 0.1) is 11.3 Å². The van der Waals surface area contributed by atoms with Gasteiger partial charge in [0.25, 0.3) is 0 Å². The van der Waals surface area contributed by atoms with E-state index in [2.05, 4.69) is 38.1 Å². The number of amides is 1. The number of halogens is 1. The highest BCUT2D eigenvalue weighted by molar-refractivity contribution is 14.1. The average Bonchev–Trinajstić information content (AvgIpc) is 3.19. The Balaban J connectivity index is 1.60. The molecule has 0 fully saturated rings. The summed E-state index contributed by atoms with van der Waals surface area (Å²) in [6.45, 7) is 1.97. The number of phenolic OH excluding ortho intramolecular Hbond substituents is 1. The van der Waals surface area contributed by atoms with Gasteiger partial charge in [-0.05, 0) is 77.5 Å². The maximum Gasteiger partial charge on any atom is 0.234 e. The number of carbonyl (C=O) groups excluding carboxylic acids is 1. The van der Waals surface area contributed by atoms with Crippen LogP contribution in [0.5, 0.6) is 5.75 Å². The first kappa shape index (κ1) is 21.4. The lowest BCUT2D eigenvalue weighted by Gasteiger charge is -2.11. The minimum atomic E-state index is -0.124. The van der Waals surface area contributed by atoms with Gasteiger partial charge < -0.3 is 10.4 Å². The first-order valence-corrected chi connectivity index (χ1v) is 11.6. The number of aryl methyl sites for hydroxylation is 1. The largest absolute Gasteiger partial charge is 0.507 e. The maximum absolute atomic E-state index is 12.6. The van der Waals surface area contributed by atoms with Gasteiger partial charge in [0.1, 0.15) is 5.75 Å². The third-order valence-corrected chi connectivity index (χ3v) is 6.19. The van der Waals surface area contributed by atoms with E-state index in [4.69, 9.17) is 0 Å². The lowest BCUT2D eigenvalue weighted by atomic mass is 10.2. The van der Waals surface area contributed by atoms with Crippen LogP contribution in [0, 0.1) is 10.5 Å². The number of carbonyl (C=O) groups is 1. The molecule has 0 unspecified atom stereocenters. The Morgan fingerprint density at radius 1 is 1.06 bits per heavy atom. The van der Waals surface area contributed by atoms with Gasteiger partial charge in [-0.2, -0.15) is 0 Å². The normalized spacial score (nSPS) is 10.8. The number of aromatic nitrogens is 3. The summed E-state index contributed by atoms with van der Waals surface area (Å²) in [5, 5.41) is 22.5. The Morgan fingerprint density at radius 2 is 1.81 bits per heavy atom. The van der Waals surface area contributed by atoms with Crippen molar-refractivity contribution in [1.82, 2.24) is 14.8 Å². The Morgan fingerprint density at radius 3 is 2.55 bits per heavy atom. The lowest BCUT2D eigenvalue weighted by Crippen LogP contribution is -2.15. The van der Waals surface area contributed by atoms with Gasteiger partial charge in [-0.1, -0.05) is 42.1 Å². The van der Waals surface area contributed by atoms with E-state index in [1.807, 2.05) is 66.1 Å². The lowest BCUT2D eigenvalue weighted by molar-refractivity contribution is -0.113. The number of para-hydroxylation sites is 2. The fourth-order valence-corrected chi connectivity index (χ4v) is 4.49. The van der Waals surface area contributed by atoms with Crippen LogP contribution in [0.3, 0.4) is 0 Å². The minimum Gasteiger partial charge on any atom is -0.507 e. The summed E-state index contributed by atoms with van der Waals surface area (Å²) in [6, 6.07) is 22.5. The first-order valence-electron chi connectivity index (χ1n) is 9.51. The molecule has 1 amide bonds. The summed E-state index contributed by atoms with van der Waals surface area (Å²) < 4.78 is 2.97. The quantitative estimate of drug-likeness (QED) is 0.256. The van der Waals surface area contributed by atoms with Crippen molar-refractivity contribution in [2.45, 2.75) is 12.1 Å². The van der Waals surface area contributed by atoms with E-state index < -0.39 is 0 Å². The van der Waals surface area contributed by atoms with Crippen molar-refractivity contribution in [2.75, 3.05) is 11.1 Å². The third kappa shape index (κ3) is 4.91. The summed E-state index contributed by atoms with van der Waals surface area (Å²) >= 11 is 3.54. The molecule has 0 aliphatic rings. The molecule has 0 saturated carbocycles. The number of rotatable bonds is 6. The number of hydrogen-bond acceptors (Lipinski definition) is 5. The Labute approximate surface area is 197 Å². The van der Waals surface area contributed by atoms with Gasteiger partial charge in [-0.15, -0.1) is 10.2 Å². The molecule has 156 valence electrons. The van der Waals surface area contributed by atoms with E-state index >= 15 is 0 Å². The summed E-state index contributed by atoms with van der Waals surface area (Å²) in [5.74, 6) is 0.689. The number of nitrogens with zero attached hydrogens (tertiary/aromatic N) is 3. The molecule has 0 radical (unpaired) electrons. The molecule has 0 aliphatic heterocycles. The smallest absolute Gasteiger partial charge is 0.234 e. The Bertz CT molecular complexity index is 1230. The van der Waals surface area contributed by atoms with Crippen LogP contribution in [0.4, 0.5) is 5.69 Å². The maximum atomic E-state index is 12.6. The highest BCUT2D eigenvalue weighted by Crippen LogP contribution is 2.32. The molecule has 0 saturated heterocycles. The zero-order chi connectivity index (χ0) is 21.8. The number of anilines is 1. The zero-order valence-electron chi connectivity index (χ0n) is 16.6. The van der Waals surface area contributed by atoms with Crippen LogP contribution >= 0.6 is 34.4 Å². The predicted molar refractivity (Wildman–Crippen MR) is 132 cm³/mol. The predicted octanol–water partition coefficient (Wildman–Crippen LogP) is 5.28.